The Labute approximate surface area is 357 Å². The van der Waals surface area contributed by atoms with Crippen LogP contribution >= 0.6 is 0 Å². The number of para-hydroxylation sites is 2. The summed E-state index contributed by atoms with van der Waals surface area (Å²) in [6.07, 6.45) is 0. The third kappa shape index (κ3) is 5.12. The van der Waals surface area contributed by atoms with Crippen molar-refractivity contribution in [1.82, 2.24) is 9.13 Å². The summed E-state index contributed by atoms with van der Waals surface area (Å²) in [5.41, 5.74) is 9.24. The summed E-state index contributed by atoms with van der Waals surface area (Å²) in [5.74, 6) is 0. The van der Waals surface area contributed by atoms with Crippen molar-refractivity contribution in [2.24, 2.45) is 0 Å². The number of rotatable bonds is 6. The highest BCUT2D eigenvalue weighted by Crippen LogP contribution is 2.40. The normalized spacial score (nSPS) is 11.8. The molecule has 0 aliphatic carbocycles. The molecule has 0 atom stereocenters. The molecule has 12 aromatic rings. The van der Waals surface area contributed by atoms with Crippen molar-refractivity contribution in [2.75, 3.05) is 0 Å². The molecule has 5 nitrogen and oxygen atoms in total. The van der Waals surface area contributed by atoms with Gasteiger partial charge >= 0.3 is 0 Å². The third-order valence-corrected chi connectivity index (χ3v) is 17.5. The largest absolute Gasteiger partial charge is 0.455 e. The van der Waals surface area contributed by atoms with Crippen LogP contribution in [0.2, 0.25) is 0 Å². The van der Waals surface area contributed by atoms with E-state index in [1.807, 2.05) is 48.5 Å². The highest BCUT2D eigenvalue weighted by Gasteiger charge is 2.41. The number of hydrogen-bond acceptors (Lipinski definition) is 3. The van der Waals surface area contributed by atoms with Crippen LogP contribution in [0.15, 0.2) is 211 Å². The monoisotopic (exact) mass is 806 g/mol. The molecule has 62 heavy (non-hydrogen) atoms. The van der Waals surface area contributed by atoms with Gasteiger partial charge in [-0.05, 0) is 106 Å². The van der Waals surface area contributed by atoms with Crippen molar-refractivity contribution >= 4 is 94.4 Å². The maximum atomic E-state index is 9.80. The van der Waals surface area contributed by atoms with E-state index in [1.54, 1.807) is 0 Å². The van der Waals surface area contributed by atoms with E-state index in [9.17, 15) is 10.5 Å². The molecule has 0 spiro atoms. The minimum Gasteiger partial charge on any atom is -0.455 e. The second-order valence-corrected chi connectivity index (χ2v) is 19.7. The Hall–Kier alpha value is -8.42. The first kappa shape index (κ1) is 35.5. The molecule has 0 radical (unpaired) electrons. The number of benzene rings is 9. The summed E-state index contributed by atoms with van der Waals surface area (Å²) in [4.78, 5) is 0. The molecule has 0 bridgehead atoms. The first-order chi connectivity index (χ1) is 30.6. The molecule has 0 aliphatic heterocycles. The molecule has 0 N–H and O–H groups in total. The number of nitrogens with zero attached hydrogens (tertiary/aromatic N) is 4. The smallest absolute Gasteiger partial charge is 0.179 e. The van der Waals surface area contributed by atoms with Gasteiger partial charge in [0.1, 0.15) is 11.2 Å². The molecule has 12 rings (SSSR count). The van der Waals surface area contributed by atoms with E-state index in [0.717, 1.165) is 76.9 Å². The lowest BCUT2D eigenvalue weighted by Gasteiger charge is -2.35. The quantitative estimate of drug-likeness (QED) is 0.124. The van der Waals surface area contributed by atoms with Gasteiger partial charge in [0.15, 0.2) is 8.07 Å². The van der Waals surface area contributed by atoms with E-state index in [2.05, 4.69) is 179 Å². The van der Waals surface area contributed by atoms with Crippen molar-refractivity contribution in [1.29, 1.82) is 10.5 Å². The minimum absolute atomic E-state index is 0.585. The Morgan fingerprint density at radius 3 is 1.56 bits per heavy atom. The van der Waals surface area contributed by atoms with Gasteiger partial charge in [0, 0.05) is 38.3 Å². The molecule has 288 valence electrons. The van der Waals surface area contributed by atoms with Gasteiger partial charge in [0.25, 0.3) is 0 Å². The summed E-state index contributed by atoms with van der Waals surface area (Å²) in [5, 5.41) is 31.1. The number of fused-ring (bicyclic) bond motifs is 10. The lowest BCUT2D eigenvalue weighted by Crippen LogP contribution is -2.74. The van der Waals surface area contributed by atoms with Gasteiger partial charge in [-0.25, -0.2) is 0 Å². The molecule has 3 aromatic heterocycles. The topological polar surface area (TPSA) is 70.6 Å². The van der Waals surface area contributed by atoms with Crippen molar-refractivity contribution in [3.63, 3.8) is 0 Å². The third-order valence-electron chi connectivity index (χ3n) is 12.7. The van der Waals surface area contributed by atoms with E-state index < -0.39 is 8.07 Å². The molecule has 0 saturated heterocycles. The van der Waals surface area contributed by atoms with Crippen LogP contribution in [0.5, 0.6) is 0 Å². The summed E-state index contributed by atoms with van der Waals surface area (Å²) in [6, 6.07) is 77.9. The van der Waals surface area contributed by atoms with Gasteiger partial charge in [-0.15, -0.1) is 0 Å². The zero-order chi connectivity index (χ0) is 41.4. The van der Waals surface area contributed by atoms with E-state index in [-0.39, 0.29) is 0 Å². The van der Waals surface area contributed by atoms with Gasteiger partial charge in [-0.1, -0.05) is 121 Å². The van der Waals surface area contributed by atoms with Crippen LogP contribution in [-0.4, -0.2) is 17.2 Å². The molecule has 0 unspecified atom stereocenters. The second kappa shape index (κ2) is 13.8. The van der Waals surface area contributed by atoms with Crippen molar-refractivity contribution < 1.29 is 4.42 Å². The molecule has 0 saturated carbocycles. The molecule has 6 heteroatoms. The number of furan rings is 1. The average molecular weight is 807 g/mol. The van der Waals surface area contributed by atoms with Crippen LogP contribution in [-0.2, 0) is 0 Å². The van der Waals surface area contributed by atoms with Gasteiger partial charge in [-0.3, -0.25) is 0 Å². The molecule has 0 aliphatic rings. The summed E-state index contributed by atoms with van der Waals surface area (Å²) in [7, 11) is -3.00. The molecule has 3 heterocycles. The Bertz CT molecular complexity index is 3720. The minimum atomic E-state index is -3.00. The second-order valence-electron chi connectivity index (χ2n) is 15.9. The maximum Gasteiger partial charge on any atom is 0.179 e. The fourth-order valence-corrected chi connectivity index (χ4v) is 14.8. The Morgan fingerprint density at radius 2 is 0.903 bits per heavy atom. The predicted molar refractivity (Wildman–Crippen MR) is 255 cm³/mol. The fraction of sp³-hybridized carbons (Fsp3) is 0. The standard InChI is InChI=1S/C56H34N4OSi/c57-35-37-22-29-51-48(32-37)49-33-38(36-58)23-30-52(49)59(51)39-24-26-43(27-25-39)62(41-13-3-1-4-14-41,42-15-5-2-6-16-42)44-17-11-12-40(34-44)60-50-20-9-7-19-47(50)55-53(60)31-28-46-45-18-8-10-21-54(45)61-56(46)55/h1-34H. The zero-order valence-corrected chi connectivity index (χ0v) is 34.3. The van der Waals surface area contributed by atoms with Crippen molar-refractivity contribution in [3.8, 4) is 23.5 Å². The molecular formula is C56H34N4OSi. The highest BCUT2D eigenvalue weighted by molar-refractivity contribution is 7.19. The van der Waals surface area contributed by atoms with Crippen LogP contribution in [0.3, 0.4) is 0 Å². The predicted octanol–water partition coefficient (Wildman–Crippen LogP) is 10.9. The number of aromatic nitrogens is 2. The average Bonchev–Trinajstić information content (AvgIpc) is 4.00. The lowest BCUT2D eigenvalue weighted by molar-refractivity contribution is 0.673. The highest BCUT2D eigenvalue weighted by atomic mass is 28.3. The van der Waals surface area contributed by atoms with Gasteiger partial charge < -0.3 is 13.6 Å². The maximum absolute atomic E-state index is 9.80. The van der Waals surface area contributed by atoms with Crippen molar-refractivity contribution in [3.05, 3.63) is 217 Å². The SMILES string of the molecule is N#Cc1ccc2c(c1)c1cc(C#N)ccc1n2-c1ccc([Si](c2ccccc2)(c2ccccc2)c2cccc(-n3c4ccccc4c4c5oc6ccccc6c5ccc43)c2)cc1. The molecule has 0 amide bonds. The van der Waals surface area contributed by atoms with Gasteiger partial charge in [0.2, 0.25) is 0 Å². The zero-order valence-electron chi connectivity index (χ0n) is 33.3. The van der Waals surface area contributed by atoms with E-state index in [1.165, 1.54) is 20.7 Å². The Balaban J connectivity index is 1.10. The first-order valence-electron chi connectivity index (χ1n) is 20.7. The van der Waals surface area contributed by atoms with Crippen LogP contribution in [0.4, 0.5) is 0 Å². The first-order valence-corrected chi connectivity index (χ1v) is 22.7. The lowest BCUT2D eigenvalue weighted by atomic mass is 10.1. The Kier molecular flexibility index (Phi) is 7.92. The van der Waals surface area contributed by atoms with Crippen LogP contribution in [0.1, 0.15) is 11.1 Å². The number of nitriles is 2. The summed E-state index contributed by atoms with van der Waals surface area (Å²) < 4.78 is 11.3. The van der Waals surface area contributed by atoms with E-state index in [4.69, 9.17) is 4.42 Å². The number of hydrogen-bond donors (Lipinski definition) is 0. The summed E-state index contributed by atoms with van der Waals surface area (Å²) >= 11 is 0. The fourth-order valence-electron chi connectivity index (χ4n) is 10.1. The van der Waals surface area contributed by atoms with Crippen LogP contribution in [0.25, 0.3) is 76.9 Å². The summed E-state index contributed by atoms with van der Waals surface area (Å²) in [6.45, 7) is 0. The van der Waals surface area contributed by atoms with Crippen LogP contribution in [0, 0.1) is 22.7 Å². The van der Waals surface area contributed by atoms with Crippen molar-refractivity contribution in [2.45, 2.75) is 0 Å². The van der Waals surface area contributed by atoms with E-state index in [0.29, 0.717) is 11.1 Å². The van der Waals surface area contributed by atoms with Crippen LogP contribution < -0.4 is 20.7 Å². The van der Waals surface area contributed by atoms with Gasteiger partial charge in [-0.2, -0.15) is 10.5 Å². The molecule has 9 aromatic carbocycles. The molecule has 0 fully saturated rings. The molecular weight excluding hydrogens is 773 g/mol. The van der Waals surface area contributed by atoms with E-state index >= 15 is 0 Å². The Morgan fingerprint density at radius 1 is 0.371 bits per heavy atom. The van der Waals surface area contributed by atoms with Gasteiger partial charge in [0.05, 0.1) is 50.7 Å².